The molecule has 1 amide bonds. The van der Waals surface area contributed by atoms with Crippen molar-refractivity contribution in [3.05, 3.63) is 29.5 Å². The van der Waals surface area contributed by atoms with Gasteiger partial charge in [0.1, 0.15) is 0 Å². The number of carbonyl (C=O) groups excluding carboxylic acids is 2. The maximum atomic E-state index is 12.2. The third kappa shape index (κ3) is 2.60. The zero-order valence-corrected chi connectivity index (χ0v) is 13.9. The number of amides is 1. The van der Waals surface area contributed by atoms with E-state index in [1.54, 1.807) is 17.9 Å². The zero-order valence-electron chi connectivity index (χ0n) is 13.9. The monoisotopic (exact) mass is 314 g/mol. The molecule has 0 radical (unpaired) electrons. The number of carbonyl (C=O) groups is 2. The minimum Gasteiger partial charge on any atom is -0.462 e. The van der Waals surface area contributed by atoms with Crippen LogP contribution in [0.5, 0.6) is 0 Å². The van der Waals surface area contributed by atoms with Gasteiger partial charge in [0.25, 0.3) is 0 Å². The highest BCUT2D eigenvalue weighted by Crippen LogP contribution is 2.34. The Kier molecular flexibility index (Phi) is 4.11. The van der Waals surface area contributed by atoms with Gasteiger partial charge < -0.3 is 14.2 Å². The van der Waals surface area contributed by atoms with Gasteiger partial charge in [-0.25, -0.2) is 4.79 Å². The number of hydrogen-bond acceptors (Lipinski definition) is 3. The highest BCUT2D eigenvalue weighted by atomic mass is 16.5. The summed E-state index contributed by atoms with van der Waals surface area (Å²) >= 11 is 0. The first-order chi connectivity index (χ1) is 11.1. The number of rotatable bonds is 4. The average molecular weight is 314 g/mol. The molecule has 1 aliphatic rings. The number of benzene rings is 1. The van der Waals surface area contributed by atoms with E-state index < -0.39 is 0 Å². The van der Waals surface area contributed by atoms with Crippen LogP contribution in [0.3, 0.4) is 0 Å². The van der Waals surface area contributed by atoms with E-state index in [0.717, 1.165) is 29.4 Å². The lowest BCUT2D eigenvalue weighted by Gasteiger charge is -2.19. The molecule has 3 rings (SSSR count). The lowest BCUT2D eigenvalue weighted by atomic mass is 10.1. The van der Waals surface area contributed by atoms with Crippen molar-refractivity contribution in [2.75, 3.05) is 18.1 Å². The normalized spacial score (nSPS) is 14.7. The number of anilines is 1. The predicted molar refractivity (Wildman–Crippen MR) is 89.8 cm³/mol. The van der Waals surface area contributed by atoms with E-state index in [2.05, 4.69) is 13.1 Å². The largest absolute Gasteiger partial charge is 0.462 e. The summed E-state index contributed by atoms with van der Waals surface area (Å²) in [6.07, 6.45) is 4.37. The van der Waals surface area contributed by atoms with Gasteiger partial charge >= 0.3 is 5.97 Å². The standard InChI is InChI=1S/C18H22N2O3/c1-4-12-11-19(3)17-14(12)9-13(18(22)23-5-2)10-15(17)20-8-6-7-16(20)21/h9-11H,4-8H2,1-3H3. The van der Waals surface area contributed by atoms with Crippen molar-refractivity contribution in [1.29, 1.82) is 0 Å². The molecule has 2 aromatic rings. The number of esters is 1. The highest BCUT2D eigenvalue weighted by Gasteiger charge is 2.26. The first-order valence-electron chi connectivity index (χ1n) is 8.16. The van der Waals surface area contributed by atoms with Crippen molar-refractivity contribution in [2.45, 2.75) is 33.1 Å². The van der Waals surface area contributed by atoms with E-state index in [4.69, 9.17) is 4.74 Å². The van der Waals surface area contributed by atoms with Crippen LogP contribution >= 0.6 is 0 Å². The summed E-state index contributed by atoms with van der Waals surface area (Å²) in [5, 5.41) is 1.02. The molecule has 0 bridgehead atoms. The molecular weight excluding hydrogens is 292 g/mol. The number of ether oxygens (including phenoxy) is 1. The molecule has 0 N–H and O–H groups in total. The second kappa shape index (κ2) is 6.07. The van der Waals surface area contributed by atoms with E-state index in [-0.39, 0.29) is 11.9 Å². The van der Waals surface area contributed by atoms with Crippen LogP contribution in [0, 0.1) is 0 Å². The molecule has 5 nitrogen and oxygen atoms in total. The third-order valence-electron chi connectivity index (χ3n) is 4.39. The lowest BCUT2D eigenvalue weighted by Crippen LogP contribution is -2.24. The fourth-order valence-electron chi connectivity index (χ4n) is 3.33. The van der Waals surface area contributed by atoms with Gasteiger partial charge in [-0.2, -0.15) is 0 Å². The molecule has 0 aliphatic carbocycles. The molecular formula is C18H22N2O3. The summed E-state index contributed by atoms with van der Waals surface area (Å²) in [5.41, 5.74) is 3.50. The van der Waals surface area contributed by atoms with Crippen LogP contribution in [0.1, 0.15) is 42.6 Å². The smallest absolute Gasteiger partial charge is 0.338 e. The SMILES string of the molecule is CCOC(=O)c1cc(N2CCCC2=O)c2c(c1)c(CC)cn2C. The molecule has 1 aliphatic heterocycles. The zero-order chi connectivity index (χ0) is 16.6. The van der Waals surface area contributed by atoms with Crippen LogP contribution in [0.15, 0.2) is 18.3 Å². The molecule has 1 saturated heterocycles. The number of aromatic nitrogens is 1. The summed E-state index contributed by atoms with van der Waals surface area (Å²) in [6, 6.07) is 3.68. The Morgan fingerprint density at radius 3 is 2.70 bits per heavy atom. The maximum absolute atomic E-state index is 12.2. The maximum Gasteiger partial charge on any atom is 0.338 e. The van der Waals surface area contributed by atoms with Gasteiger partial charge in [0.05, 0.1) is 23.4 Å². The van der Waals surface area contributed by atoms with Crippen LogP contribution in [-0.2, 0) is 23.0 Å². The molecule has 1 aromatic heterocycles. The molecule has 0 spiro atoms. The second-order valence-corrected chi connectivity index (χ2v) is 5.88. The Bertz CT molecular complexity index is 776. The summed E-state index contributed by atoms with van der Waals surface area (Å²) in [6.45, 7) is 4.92. The van der Waals surface area contributed by atoms with Crippen molar-refractivity contribution >= 4 is 28.5 Å². The van der Waals surface area contributed by atoms with E-state index in [9.17, 15) is 9.59 Å². The van der Waals surface area contributed by atoms with Gasteiger partial charge in [-0.05, 0) is 37.5 Å². The van der Waals surface area contributed by atoms with Crippen molar-refractivity contribution in [3.63, 3.8) is 0 Å². The van der Waals surface area contributed by atoms with Crippen LogP contribution in [0.4, 0.5) is 5.69 Å². The van der Waals surface area contributed by atoms with Gasteiger partial charge in [-0.3, -0.25) is 4.79 Å². The van der Waals surface area contributed by atoms with Crippen LogP contribution in [0.2, 0.25) is 0 Å². The van der Waals surface area contributed by atoms with Gasteiger partial charge in [-0.1, -0.05) is 6.92 Å². The summed E-state index contributed by atoms with van der Waals surface area (Å²) < 4.78 is 7.20. The fraction of sp³-hybridized carbons (Fsp3) is 0.444. The minimum absolute atomic E-state index is 0.117. The quantitative estimate of drug-likeness (QED) is 0.815. The van der Waals surface area contributed by atoms with Crippen molar-refractivity contribution < 1.29 is 14.3 Å². The van der Waals surface area contributed by atoms with Crippen LogP contribution < -0.4 is 4.90 Å². The summed E-state index contributed by atoms with van der Waals surface area (Å²) in [4.78, 5) is 26.2. The number of nitrogens with zero attached hydrogens (tertiary/aromatic N) is 2. The lowest BCUT2D eigenvalue weighted by molar-refractivity contribution is -0.117. The highest BCUT2D eigenvalue weighted by molar-refractivity contribution is 6.08. The molecule has 0 atom stereocenters. The van der Waals surface area contributed by atoms with Crippen LogP contribution in [0.25, 0.3) is 10.9 Å². The molecule has 2 heterocycles. The average Bonchev–Trinajstić information content (AvgIpc) is 3.10. The van der Waals surface area contributed by atoms with E-state index >= 15 is 0 Å². The molecule has 23 heavy (non-hydrogen) atoms. The molecule has 1 fully saturated rings. The Hall–Kier alpha value is -2.30. The van der Waals surface area contributed by atoms with Gasteiger partial charge in [0.15, 0.2) is 0 Å². The fourth-order valence-corrected chi connectivity index (χ4v) is 3.33. The Morgan fingerprint density at radius 2 is 2.09 bits per heavy atom. The van der Waals surface area contributed by atoms with E-state index in [1.807, 2.05) is 17.7 Å². The molecule has 1 aromatic carbocycles. The third-order valence-corrected chi connectivity index (χ3v) is 4.39. The number of fused-ring (bicyclic) bond motifs is 1. The van der Waals surface area contributed by atoms with Gasteiger partial charge in [0, 0.05) is 31.6 Å². The summed E-state index contributed by atoms with van der Waals surface area (Å²) in [7, 11) is 1.98. The molecule has 122 valence electrons. The van der Waals surface area contributed by atoms with Crippen molar-refractivity contribution in [3.8, 4) is 0 Å². The first-order valence-corrected chi connectivity index (χ1v) is 8.16. The molecule has 0 saturated carbocycles. The van der Waals surface area contributed by atoms with E-state index in [0.29, 0.717) is 25.1 Å². The second-order valence-electron chi connectivity index (χ2n) is 5.88. The van der Waals surface area contributed by atoms with Crippen molar-refractivity contribution in [1.82, 2.24) is 4.57 Å². The minimum atomic E-state index is -0.340. The summed E-state index contributed by atoms with van der Waals surface area (Å²) in [5.74, 6) is -0.222. The van der Waals surface area contributed by atoms with E-state index in [1.165, 1.54) is 5.56 Å². The Labute approximate surface area is 135 Å². The van der Waals surface area contributed by atoms with Gasteiger partial charge in [-0.15, -0.1) is 0 Å². The topological polar surface area (TPSA) is 51.5 Å². The number of aryl methyl sites for hydroxylation is 2. The van der Waals surface area contributed by atoms with Crippen molar-refractivity contribution in [2.24, 2.45) is 7.05 Å². The Balaban J connectivity index is 2.24. The predicted octanol–water partition coefficient (Wildman–Crippen LogP) is 3.04. The van der Waals surface area contributed by atoms with Crippen LogP contribution in [-0.4, -0.2) is 29.6 Å². The first kappa shape index (κ1) is 15.6. The van der Waals surface area contributed by atoms with Gasteiger partial charge in [0.2, 0.25) is 5.91 Å². The Morgan fingerprint density at radius 1 is 1.30 bits per heavy atom. The molecule has 0 unspecified atom stereocenters. The molecule has 5 heteroatoms. The number of hydrogen-bond donors (Lipinski definition) is 0.